The summed E-state index contributed by atoms with van der Waals surface area (Å²) in [5, 5.41) is 0. The van der Waals surface area contributed by atoms with Crippen molar-refractivity contribution in [3.05, 3.63) is 51.2 Å². The smallest absolute Gasteiger partial charge is 0.286 e. The van der Waals surface area contributed by atoms with E-state index in [0.717, 1.165) is 8.95 Å². The Kier molecular flexibility index (Phi) is 5.62. The summed E-state index contributed by atoms with van der Waals surface area (Å²) >= 11 is 6.58. The molecule has 0 saturated carbocycles. The summed E-state index contributed by atoms with van der Waals surface area (Å²) in [5.41, 5.74) is 5.05. The van der Waals surface area contributed by atoms with Crippen LogP contribution in [0.5, 0.6) is 5.75 Å². The molecule has 0 unspecified atom stereocenters. The average Bonchev–Trinajstić information content (AvgIpc) is 2.83. The molecule has 0 radical (unpaired) electrons. The maximum Gasteiger partial charge on any atom is 0.286 e. The number of nitrogens with zero attached hydrogens (tertiary/aromatic N) is 1. The molecule has 2 aromatic rings. The molecule has 2 amide bonds. The highest BCUT2D eigenvalue weighted by Gasteiger charge is 2.12. The Labute approximate surface area is 144 Å². The minimum Gasteiger partial charge on any atom is -0.484 e. The van der Waals surface area contributed by atoms with Crippen molar-refractivity contribution in [1.29, 1.82) is 0 Å². The second kappa shape index (κ2) is 7.46. The van der Waals surface area contributed by atoms with Crippen LogP contribution in [-0.2, 0) is 11.8 Å². The Morgan fingerprint density at radius 1 is 1.14 bits per heavy atom. The number of aryl methyl sites for hydroxylation is 1. The summed E-state index contributed by atoms with van der Waals surface area (Å²) < 4.78 is 8.64. The molecule has 8 heteroatoms. The van der Waals surface area contributed by atoms with Crippen LogP contribution in [0.15, 0.2) is 45.5 Å². The Bertz CT molecular complexity index is 683. The van der Waals surface area contributed by atoms with Crippen LogP contribution < -0.4 is 15.6 Å². The molecule has 0 spiro atoms. The third-order valence-electron chi connectivity index (χ3n) is 2.70. The molecular weight excluding hydrogens is 418 g/mol. The van der Waals surface area contributed by atoms with E-state index in [1.54, 1.807) is 36.0 Å². The first kappa shape index (κ1) is 16.6. The van der Waals surface area contributed by atoms with E-state index < -0.39 is 11.8 Å². The number of amides is 2. The highest BCUT2D eigenvalue weighted by molar-refractivity contribution is 9.10. The number of ether oxygens (including phenoxy) is 1. The molecule has 6 nitrogen and oxygen atoms in total. The van der Waals surface area contributed by atoms with Gasteiger partial charge in [-0.3, -0.25) is 20.4 Å². The first-order chi connectivity index (χ1) is 10.5. The summed E-state index contributed by atoms with van der Waals surface area (Å²) in [7, 11) is 1.73. The molecule has 1 aromatic heterocycles. The molecule has 2 N–H and O–H groups in total. The second-order valence-corrected chi connectivity index (χ2v) is 6.23. The summed E-state index contributed by atoms with van der Waals surface area (Å²) in [4.78, 5) is 23.5. The minimum atomic E-state index is -0.454. The number of halogens is 2. The Morgan fingerprint density at radius 2 is 1.82 bits per heavy atom. The minimum absolute atomic E-state index is 0.196. The maximum absolute atomic E-state index is 11.9. The number of hydrazine groups is 1. The van der Waals surface area contributed by atoms with Crippen molar-refractivity contribution in [2.75, 3.05) is 6.61 Å². The summed E-state index contributed by atoms with van der Waals surface area (Å²) in [6, 6.07) is 8.74. The van der Waals surface area contributed by atoms with Crippen molar-refractivity contribution in [3.63, 3.8) is 0 Å². The maximum atomic E-state index is 11.9. The predicted octanol–water partition coefficient (Wildman–Crippen LogP) is 2.39. The van der Waals surface area contributed by atoms with Gasteiger partial charge in [0.05, 0.1) is 0 Å². The third kappa shape index (κ3) is 4.60. The van der Waals surface area contributed by atoms with E-state index in [1.807, 2.05) is 12.1 Å². The van der Waals surface area contributed by atoms with Gasteiger partial charge in [0.2, 0.25) is 0 Å². The van der Waals surface area contributed by atoms with E-state index in [0.29, 0.717) is 11.4 Å². The van der Waals surface area contributed by atoms with Crippen molar-refractivity contribution < 1.29 is 14.3 Å². The van der Waals surface area contributed by atoms with Gasteiger partial charge >= 0.3 is 0 Å². The standard InChI is InChI=1S/C14H13Br2N3O3/c1-19-7-10(16)6-12(19)14(21)18-17-13(20)8-22-11-4-2-9(15)3-5-11/h2-7H,8H2,1H3,(H,17,20)(H,18,21). The Morgan fingerprint density at radius 3 is 2.41 bits per heavy atom. The molecule has 0 aliphatic rings. The van der Waals surface area contributed by atoms with E-state index in [9.17, 15) is 9.59 Å². The lowest BCUT2D eigenvalue weighted by Gasteiger charge is -2.09. The van der Waals surface area contributed by atoms with E-state index >= 15 is 0 Å². The van der Waals surface area contributed by atoms with Crippen LogP contribution >= 0.6 is 31.9 Å². The first-order valence-electron chi connectivity index (χ1n) is 6.25. The van der Waals surface area contributed by atoms with Gasteiger partial charge < -0.3 is 9.30 Å². The SMILES string of the molecule is Cn1cc(Br)cc1C(=O)NNC(=O)COc1ccc(Br)cc1. The van der Waals surface area contributed by atoms with Gasteiger partial charge in [0.25, 0.3) is 11.8 Å². The molecule has 1 aromatic carbocycles. The number of nitrogens with one attached hydrogen (secondary N) is 2. The zero-order chi connectivity index (χ0) is 16.1. The van der Waals surface area contributed by atoms with E-state index in [1.165, 1.54) is 0 Å². The van der Waals surface area contributed by atoms with Gasteiger partial charge in [0.15, 0.2) is 6.61 Å². The molecule has 0 atom stereocenters. The molecule has 22 heavy (non-hydrogen) atoms. The van der Waals surface area contributed by atoms with Crippen LogP contribution in [0.1, 0.15) is 10.5 Å². The van der Waals surface area contributed by atoms with Gasteiger partial charge in [-0.1, -0.05) is 15.9 Å². The lowest BCUT2D eigenvalue weighted by molar-refractivity contribution is -0.123. The second-order valence-electron chi connectivity index (χ2n) is 4.40. The largest absolute Gasteiger partial charge is 0.484 e. The van der Waals surface area contributed by atoms with Crippen molar-refractivity contribution in [3.8, 4) is 5.75 Å². The topological polar surface area (TPSA) is 72.4 Å². The van der Waals surface area contributed by atoms with Gasteiger partial charge in [0, 0.05) is 22.2 Å². The van der Waals surface area contributed by atoms with Crippen LogP contribution in [0.2, 0.25) is 0 Å². The highest BCUT2D eigenvalue weighted by atomic mass is 79.9. The van der Waals surface area contributed by atoms with Gasteiger partial charge in [-0.15, -0.1) is 0 Å². The van der Waals surface area contributed by atoms with Crippen molar-refractivity contribution >= 4 is 43.7 Å². The Hall–Kier alpha value is -1.80. The predicted molar refractivity (Wildman–Crippen MR) is 88.4 cm³/mol. The molecular formula is C14H13Br2N3O3. The molecule has 0 aliphatic carbocycles. The fraction of sp³-hybridized carbons (Fsp3) is 0.143. The van der Waals surface area contributed by atoms with E-state index in [-0.39, 0.29) is 6.61 Å². The van der Waals surface area contributed by atoms with Gasteiger partial charge in [-0.2, -0.15) is 0 Å². The molecule has 1 heterocycles. The number of aromatic nitrogens is 1. The molecule has 0 aliphatic heterocycles. The van der Waals surface area contributed by atoms with Crippen molar-refractivity contribution in [1.82, 2.24) is 15.4 Å². The monoisotopic (exact) mass is 429 g/mol. The van der Waals surface area contributed by atoms with Crippen molar-refractivity contribution in [2.45, 2.75) is 0 Å². The lowest BCUT2D eigenvalue weighted by Crippen LogP contribution is -2.44. The van der Waals surface area contributed by atoms with Crippen LogP contribution in [0.3, 0.4) is 0 Å². The normalized spacial score (nSPS) is 10.1. The van der Waals surface area contributed by atoms with Crippen LogP contribution in [-0.4, -0.2) is 23.0 Å². The van der Waals surface area contributed by atoms with Gasteiger partial charge in [-0.25, -0.2) is 0 Å². The molecule has 0 bridgehead atoms. The first-order valence-corrected chi connectivity index (χ1v) is 7.83. The van der Waals surface area contributed by atoms with Crippen LogP contribution in [0.4, 0.5) is 0 Å². The fourth-order valence-corrected chi connectivity index (χ4v) is 2.44. The number of hydrogen-bond donors (Lipinski definition) is 2. The zero-order valence-corrected chi connectivity index (χ0v) is 14.8. The fourth-order valence-electron chi connectivity index (χ4n) is 1.66. The highest BCUT2D eigenvalue weighted by Crippen LogP contribution is 2.16. The number of carbonyl (C=O) groups excluding carboxylic acids is 2. The number of hydrogen-bond acceptors (Lipinski definition) is 3. The number of rotatable bonds is 4. The number of benzene rings is 1. The number of carbonyl (C=O) groups is 2. The summed E-state index contributed by atoms with van der Waals surface area (Å²) in [6.45, 7) is -0.196. The summed E-state index contributed by atoms with van der Waals surface area (Å²) in [6.07, 6.45) is 1.74. The van der Waals surface area contributed by atoms with Gasteiger partial charge in [-0.05, 0) is 46.3 Å². The van der Waals surface area contributed by atoms with Crippen molar-refractivity contribution in [2.24, 2.45) is 7.05 Å². The van der Waals surface area contributed by atoms with Crippen LogP contribution in [0, 0.1) is 0 Å². The average molecular weight is 431 g/mol. The molecule has 0 fully saturated rings. The third-order valence-corrected chi connectivity index (χ3v) is 3.67. The zero-order valence-electron chi connectivity index (χ0n) is 11.6. The molecule has 116 valence electrons. The summed E-state index contributed by atoms with van der Waals surface area (Å²) in [5.74, 6) is -0.300. The van der Waals surface area contributed by atoms with E-state index in [2.05, 4.69) is 42.7 Å². The molecule has 2 rings (SSSR count). The van der Waals surface area contributed by atoms with E-state index in [4.69, 9.17) is 4.74 Å². The van der Waals surface area contributed by atoms with Gasteiger partial charge in [0.1, 0.15) is 11.4 Å². The molecule has 0 saturated heterocycles. The quantitative estimate of drug-likeness (QED) is 0.731. The lowest BCUT2D eigenvalue weighted by atomic mass is 10.3. The van der Waals surface area contributed by atoms with Crippen LogP contribution in [0.25, 0.3) is 0 Å². The Balaban J connectivity index is 1.79.